The SMILES string of the molecule is OC1c2ccccc2-c2cc(Br)c(Br)cc21. The molecule has 1 nitrogen and oxygen atoms in total. The van der Waals surface area contributed by atoms with Gasteiger partial charge >= 0.3 is 0 Å². The number of benzene rings is 2. The van der Waals surface area contributed by atoms with Crippen LogP contribution in [0.2, 0.25) is 0 Å². The molecule has 0 saturated heterocycles. The fourth-order valence-corrected chi connectivity index (χ4v) is 2.87. The molecule has 0 aromatic heterocycles. The summed E-state index contributed by atoms with van der Waals surface area (Å²) in [6.45, 7) is 0. The Bertz CT molecular complexity index is 578. The van der Waals surface area contributed by atoms with Crippen molar-refractivity contribution in [3.63, 3.8) is 0 Å². The van der Waals surface area contributed by atoms with E-state index < -0.39 is 6.10 Å². The van der Waals surface area contributed by atoms with Crippen LogP contribution in [0, 0.1) is 0 Å². The van der Waals surface area contributed by atoms with Crippen molar-refractivity contribution in [1.29, 1.82) is 0 Å². The molecule has 16 heavy (non-hydrogen) atoms. The van der Waals surface area contributed by atoms with E-state index in [2.05, 4.69) is 37.9 Å². The Kier molecular flexibility index (Phi) is 2.42. The predicted octanol–water partition coefficient (Wildman–Crippen LogP) is 4.27. The Morgan fingerprint density at radius 2 is 1.56 bits per heavy atom. The van der Waals surface area contributed by atoms with Gasteiger partial charge in [0.15, 0.2) is 0 Å². The van der Waals surface area contributed by atoms with Gasteiger partial charge in [0.05, 0.1) is 0 Å². The molecule has 3 rings (SSSR count). The lowest BCUT2D eigenvalue weighted by atomic mass is 10.1. The molecule has 0 radical (unpaired) electrons. The summed E-state index contributed by atoms with van der Waals surface area (Å²) < 4.78 is 1.98. The van der Waals surface area contributed by atoms with Crippen LogP contribution in [0.5, 0.6) is 0 Å². The van der Waals surface area contributed by atoms with Gasteiger partial charge in [0.25, 0.3) is 0 Å². The van der Waals surface area contributed by atoms with Crippen molar-refractivity contribution in [1.82, 2.24) is 0 Å². The van der Waals surface area contributed by atoms with Crippen molar-refractivity contribution >= 4 is 31.9 Å². The number of rotatable bonds is 0. The largest absolute Gasteiger partial charge is 0.384 e. The van der Waals surface area contributed by atoms with E-state index in [9.17, 15) is 5.11 Å². The van der Waals surface area contributed by atoms with Gasteiger partial charge in [-0.2, -0.15) is 0 Å². The lowest BCUT2D eigenvalue weighted by Crippen LogP contribution is -1.93. The maximum Gasteiger partial charge on any atom is 0.105 e. The summed E-state index contributed by atoms with van der Waals surface area (Å²) in [5.41, 5.74) is 4.19. The highest BCUT2D eigenvalue weighted by Crippen LogP contribution is 2.45. The Morgan fingerprint density at radius 1 is 0.875 bits per heavy atom. The molecule has 0 aliphatic heterocycles. The van der Waals surface area contributed by atoms with Crippen molar-refractivity contribution in [2.24, 2.45) is 0 Å². The quantitative estimate of drug-likeness (QED) is 0.759. The Labute approximate surface area is 110 Å². The van der Waals surface area contributed by atoms with Crippen LogP contribution >= 0.6 is 31.9 Å². The zero-order valence-corrected chi connectivity index (χ0v) is 11.4. The molecule has 80 valence electrons. The molecule has 0 fully saturated rings. The fraction of sp³-hybridized carbons (Fsp3) is 0.0769. The van der Waals surface area contributed by atoms with E-state index in [1.807, 2.05) is 30.3 Å². The molecule has 2 aromatic carbocycles. The molecule has 1 atom stereocenters. The second kappa shape index (κ2) is 3.69. The Hall–Kier alpha value is -0.640. The van der Waals surface area contributed by atoms with Crippen LogP contribution in [0.4, 0.5) is 0 Å². The minimum Gasteiger partial charge on any atom is -0.384 e. The van der Waals surface area contributed by atoms with E-state index in [1.165, 1.54) is 0 Å². The smallest absolute Gasteiger partial charge is 0.105 e. The van der Waals surface area contributed by atoms with Gasteiger partial charge in [-0.3, -0.25) is 0 Å². The molecule has 0 bridgehead atoms. The summed E-state index contributed by atoms with van der Waals surface area (Å²) >= 11 is 6.96. The zero-order chi connectivity index (χ0) is 11.3. The Balaban J connectivity index is 2.34. The van der Waals surface area contributed by atoms with Crippen LogP contribution in [-0.4, -0.2) is 5.11 Å². The molecule has 1 aliphatic rings. The third-order valence-corrected chi connectivity index (χ3v) is 4.78. The second-order valence-corrected chi connectivity index (χ2v) is 5.55. The van der Waals surface area contributed by atoms with Gasteiger partial charge in [0, 0.05) is 8.95 Å². The average molecular weight is 340 g/mol. The summed E-state index contributed by atoms with van der Waals surface area (Å²) in [5.74, 6) is 0. The predicted molar refractivity (Wildman–Crippen MR) is 71.3 cm³/mol. The molecule has 1 N–H and O–H groups in total. The van der Waals surface area contributed by atoms with E-state index in [0.717, 1.165) is 31.2 Å². The van der Waals surface area contributed by atoms with Crippen LogP contribution < -0.4 is 0 Å². The van der Waals surface area contributed by atoms with E-state index in [0.29, 0.717) is 0 Å². The molecule has 1 aliphatic carbocycles. The van der Waals surface area contributed by atoms with E-state index in [1.54, 1.807) is 0 Å². The van der Waals surface area contributed by atoms with E-state index in [-0.39, 0.29) is 0 Å². The standard InChI is InChI=1S/C13H8Br2O/c14-11-5-9-7-3-1-2-4-8(7)13(16)10(9)6-12(11)15/h1-6,13,16H. The normalized spacial score (nSPS) is 17.1. The number of aliphatic hydroxyl groups excluding tert-OH is 1. The van der Waals surface area contributed by atoms with Gasteiger partial charge in [0.2, 0.25) is 0 Å². The summed E-state index contributed by atoms with van der Waals surface area (Å²) in [5, 5.41) is 10.2. The van der Waals surface area contributed by atoms with Gasteiger partial charge in [-0.15, -0.1) is 0 Å². The maximum atomic E-state index is 10.2. The summed E-state index contributed by atoms with van der Waals surface area (Å²) in [6, 6.07) is 12.0. The first-order chi connectivity index (χ1) is 7.68. The maximum absolute atomic E-state index is 10.2. The lowest BCUT2D eigenvalue weighted by Gasteiger charge is -2.06. The van der Waals surface area contributed by atoms with Gasteiger partial charge < -0.3 is 5.11 Å². The molecule has 0 saturated carbocycles. The van der Waals surface area contributed by atoms with Crippen molar-refractivity contribution in [2.75, 3.05) is 0 Å². The van der Waals surface area contributed by atoms with Crippen LogP contribution in [0.1, 0.15) is 17.2 Å². The van der Waals surface area contributed by atoms with Gasteiger partial charge in [-0.1, -0.05) is 24.3 Å². The molecular weight excluding hydrogens is 332 g/mol. The lowest BCUT2D eigenvalue weighted by molar-refractivity contribution is 0.225. The minimum absolute atomic E-state index is 0.504. The highest BCUT2D eigenvalue weighted by Gasteiger charge is 2.27. The first-order valence-electron chi connectivity index (χ1n) is 4.95. The molecule has 0 spiro atoms. The van der Waals surface area contributed by atoms with Crippen LogP contribution in [0.3, 0.4) is 0 Å². The molecule has 0 amide bonds. The molecule has 3 heteroatoms. The van der Waals surface area contributed by atoms with Gasteiger partial charge in [-0.25, -0.2) is 0 Å². The summed E-state index contributed by atoms with van der Waals surface area (Å²) in [7, 11) is 0. The summed E-state index contributed by atoms with van der Waals surface area (Å²) in [4.78, 5) is 0. The molecule has 2 aromatic rings. The van der Waals surface area contributed by atoms with Gasteiger partial charge in [0.1, 0.15) is 6.10 Å². The zero-order valence-electron chi connectivity index (χ0n) is 8.24. The fourth-order valence-electron chi connectivity index (χ4n) is 2.17. The molecule has 0 heterocycles. The van der Waals surface area contributed by atoms with Crippen LogP contribution in [0.25, 0.3) is 11.1 Å². The first kappa shape index (κ1) is 10.5. The average Bonchev–Trinajstić information content (AvgIpc) is 2.55. The van der Waals surface area contributed by atoms with E-state index >= 15 is 0 Å². The minimum atomic E-state index is -0.504. The topological polar surface area (TPSA) is 20.2 Å². The Morgan fingerprint density at radius 3 is 2.38 bits per heavy atom. The van der Waals surface area contributed by atoms with E-state index in [4.69, 9.17) is 0 Å². The highest BCUT2D eigenvalue weighted by molar-refractivity contribution is 9.13. The van der Waals surface area contributed by atoms with Crippen molar-refractivity contribution in [3.05, 3.63) is 56.5 Å². The van der Waals surface area contributed by atoms with Crippen LogP contribution in [-0.2, 0) is 0 Å². The molecule has 1 unspecified atom stereocenters. The van der Waals surface area contributed by atoms with Crippen molar-refractivity contribution in [3.8, 4) is 11.1 Å². The first-order valence-corrected chi connectivity index (χ1v) is 6.53. The third-order valence-electron chi connectivity index (χ3n) is 2.93. The third kappa shape index (κ3) is 1.39. The van der Waals surface area contributed by atoms with Gasteiger partial charge in [-0.05, 0) is 66.2 Å². The second-order valence-electron chi connectivity index (χ2n) is 3.84. The van der Waals surface area contributed by atoms with Crippen molar-refractivity contribution in [2.45, 2.75) is 6.10 Å². The number of hydrogen-bond acceptors (Lipinski definition) is 1. The molecular formula is C13H8Br2O. The monoisotopic (exact) mass is 338 g/mol. The number of aliphatic hydroxyl groups is 1. The van der Waals surface area contributed by atoms with Crippen LogP contribution in [0.15, 0.2) is 45.3 Å². The number of fused-ring (bicyclic) bond motifs is 3. The highest BCUT2D eigenvalue weighted by atomic mass is 79.9. The number of halogens is 2. The summed E-state index contributed by atoms with van der Waals surface area (Å²) in [6.07, 6.45) is -0.504. The number of hydrogen-bond donors (Lipinski definition) is 1. The van der Waals surface area contributed by atoms with Crippen molar-refractivity contribution < 1.29 is 5.11 Å².